The molecule has 0 bridgehead atoms. The summed E-state index contributed by atoms with van der Waals surface area (Å²) >= 11 is 7.55. The van der Waals surface area contributed by atoms with E-state index in [4.69, 9.17) is 22.1 Å². The zero-order valence-electron chi connectivity index (χ0n) is 8.52. The van der Waals surface area contributed by atoms with E-state index in [0.717, 1.165) is 4.88 Å². The fraction of sp³-hybridized carbons (Fsp3) is 0.182. The average Bonchev–Trinajstić information content (AvgIpc) is 2.81. The van der Waals surface area contributed by atoms with E-state index >= 15 is 0 Å². The van der Waals surface area contributed by atoms with Crippen molar-refractivity contribution in [2.24, 2.45) is 5.73 Å². The highest BCUT2D eigenvalue weighted by molar-refractivity contribution is 7.09. The molecule has 2 heterocycles. The van der Waals surface area contributed by atoms with E-state index in [1.807, 2.05) is 17.5 Å². The first-order valence-electron chi connectivity index (χ1n) is 4.80. The van der Waals surface area contributed by atoms with Gasteiger partial charge in [-0.25, -0.2) is 4.98 Å². The quantitative estimate of drug-likeness (QED) is 0.913. The number of hydrogen-bond donors (Lipinski definition) is 1. The number of ether oxygens (including phenoxy) is 1. The number of hydrogen-bond acceptors (Lipinski definition) is 4. The summed E-state index contributed by atoms with van der Waals surface area (Å²) in [5, 5.41) is 2.59. The molecule has 0 aliphatic carbocycles. The van der Waals surface area contributed by atoms with Gasteiger partial charge in [-0.2, -0.15) is 0 Å². The van der Waals surface area contributed by atoms with Crippen LogP contribution < -0.4 is 10.5 Å². The van der Waals surface area contributed by atoms with Gasteiger partial charge in [0.1, 0.15) is 6.61 Å². The Kier molecular flexibility index (Phi) is 3.77. The van der Waals surface area contributed by atoms with Crippen LogP contribution in [0, 0.1) is 0 Å². The van der Waals surface area contributed by atoms with Crippen LogP contribution in [-0.2, 0) is 13.2 Å². The lowest BCUT2D eigenvalue weighted by Crippen LogP contribution is -2.03. The van der Waals surface area contributed by atoms with Crippen LogP contribution in [0.3, 0.4) is 0 Å². The van der Waals surface area contributed by atoms with Crippen molar-refractivity contribution in [3.05, 3.63) is 45.2 Å². The highest BCUT2D eigenvalue weighted by atomic mass is 35.5. The van der Waals surface area contributed by atoms with Crippen molar-refractivity contribution in [2.45, 2.75) is 13.2 Å². The third-order valence-electron chi connectivity index (χ3n) is 2.03. The highest BCUT2D eigenvalue weighted by Crippen LogP contribution is 2.19. The molecule has 0 aromatic carbocycles. The molecule has 2 aromatic rings. The maximum absolute atomic E-state index is 5.90. The summed E-state index contributed by atoms with van der Waals surface area (Å²) in [6, 6.07) is 7.50. The summed E-state index contributed by atoms with van der Waals surface area (Å²) in [6.07, 6.45) is 0. The summed E-state index contributed by atoms with van der Waals surface area (Å²) in [5.74, 6) is 0.554. The second kappa shape index (κ2) is 5.30. The predicted molar refractivity (Wildman–Crippen MR) is 65.8 cm³/mol. The van der Waals surface area contributed by atoms with Crippen molar-refractivity contribution in [3.63, 3.8) is 0 Å². The molecule has 0 saturated heterocycles. The minimum atomic E-state index is 0.315. The third kappa shape index (κ3) is 2.72. The Bertz CT molecular complexity index is 459. The normalized spacial score (nSPS) is 10.4. The largest absolute Gasteiger partial charge is 0.472 e. The lowest BCUT2D eigenvalue weighted by molar-refractivity contribution is 0.296. The van der Waals surface area contributed by atoms with E-state index in [0.29, 0.717) is 29.7 Å². The third-order valence-corrected chi connectivity index (χ3v) is 3.22. The number of halogens is 1. The summed E-state index contributed by atoms with van der Waals surface area (Å²) in [4.78, 5) is 5.37. The van der Waals surface area contributed by atoms with E-state index in [-0.39, 0.29) is 0 Å². The van der Waals surface area contributed by atoms with Crippen LogP contribution in [0.4, 0.5) is 0 Å². The van der Waals surface area contributed by atoms with Crippen LogP contribution in [0.25, 0.3) is 0 Å². The minimum Gasteiger partial charge on any atom is -0.472 e. The second-order valence-corrected chi connectivity index (χ2v) is 4.59. The van der Waals surface area contributed by atoms with Crippen LogP contribution in [0.15, 0.2) is 29.6 Å². The zero-order chi connectivity index (χ0) is 11.4. The predicted octanol–water partition coefficient (Wildman–Crippen LogP) is 2.83. The van der Waals surface area contributed by atoms with Gasteiger partial charge in [0.2, 0.25) is 5.88 Å². The summed E-state index contributed by atoms with van der Waals surface area (Å²) in [7, 11) is 0. The van der Waals surface area contributed by atoms with Crippen LogP contribution in [-0.4, -0.2) is 4.98 Å². The molecule has 0 amide bonds. The molecule has 0 fully saturated rings. The Morgan fingerprint density at radius 3 is 2.94 bits per heavy atom. The standard InChI is InChI=1S/C11H11ClN2OS/c12-9-3-4-11(14-10(9)6-13)15-7-8-2-1-5-16-8/h1-5H,6-7,13H2. The van der Waals surface area contributed by atoms with Gasteiger partial charge >= 0.3 is 0 Å². The topological polar surface area (TPSA) is 48.1 Å². The first kappa shape index (κ1) is 11.4. The molecule has 0 saturated carbocycles. The molecule has 0 aliphatic heterocycles. The van der Waals surface area contributed by atoms with Gasteiger partial charge in [-0.05, 0) is 17.5 Å². The molecular weight excluding hydrogens is 244 g/mol. The molecule has 0 atom stereocenters. The number of nitrogens with two attached hydrogens (primary N) is 1. The monoisotopic (exact) mass is 254 g/mol. The lowest BCUT2D eigenvalue weighted by Gasteiger charge is -2.06. The number of rotatable bonds is 4. The van der Waals surface area contributed by atoms with Crippen molar-refractivity contribution < 1.29 is 4.74 Å². The van der Waals surface area contributed by atoms with Gasteiger partial charge in [-0.15, -0.1) is 11.3 Å². The fourth-order valence-corrected chi connectivity index (χ4v) is 2.03. The maximum Gasteiger partial charge on any atom is 0.213 e. The summed E-state index contributed by atoms with van der Waals surface area (Å²) in [5.41, 5.74) is 6.17. The minimum absolute atomic E-state index is 0.315. The fourth-order valence-electron chi connectivity index (χ4n) is 1.23. The SMILES string of the molecule is NCc1nc(OCc2cccs2)ccc1Cl. The highest BCUT2D eigenvalue weighted by Gasteiger charge is 2.03. The van der Waals surface area contributed by atoms with Gasteiger partial charge in [-0.3, -0.25) is 0 Å². The number of pyridine rings is 1. The molecule has 2 aromatic heterocycles. The molecule has 0 radical (unpaired) electrons. The molecule has 84 valence electrons. The van der Waals surface area contributed by atoms with Gasteiger partial charge in [0.25, 0.3) is 0 Å². The average molecular weight is 255 g/mol. The Hall–Kier alpha value is -1.10. The number of aromatic nitrogens is 1. The zero-order valence-corrected chi connectivity index (χ0v) is 10.1. The van der Waals surface area contributed by atoms with Crippen molar-refractivity contribution in [3.8, 4) is 5.88 Å². The number of nitrogens with zero attached hydrogens (tertiary/aromatic N) is 1. The van der Waals surface area contributed by atoms with Crippen LogP contribution >= 0.6 is 22.9 Å². The first-order valence-corrected chi connectivity index (χ1v) is 6.06. The molecule has 2 rings (SSSR count). The van der Waals surface area contributed by atoms with Crippen LogP contribution in [0.5, 0.6) is 5.88 Å². The Morgan fingerprint density at radius 1 is 1.38 bits per heavy atom. The van der Waals surface area contributed by atoms with E-state index in [1.165, 1.54) is 0 Å². The van der Waals surface area contributed by atoms with Crippen molar-refractivity contribution in [1.29, 1.82) is 0 Å². The molecular formula is C11H11ClN2OS. The van der Waals surface area contributed by atoms with Crippen molar-refractivity contribution in [2.75, 3.05) is 0 Å². The first-order chi connectivity index (χ1) is 7.79. The van der Waals surface area contributed by atoms with Gasteiger partial charge in [0, 0.05) is 17.5 Å². The van der Waals surface area contributed by atoms with Gasteiger partial charge in [0.15, 0.2) is 0 Å². The smallest absolute Gasteiger partial charge is 0.213 e. The van der Waals surface area contributed by atoms with Crippen molar-refractivity contribution in [1.82, 2.24) is 4.98 Å². The Morgan fingerprint density at radius 2 is 2.25 bits per heavy atom. The van der Waals surface area contributed by atoms with Gasteiger partial charge in [-0.1, -0.05) is 17.7 Å². The summed E-state index contributed by atoms with van der Waals surface area (Å²) < 4.78 is 5.53. The van der Waals surface area contributed by atoms with E-state index in [9.17, 15) is 0 Å². The lowest BCUT2D eigenvalue weighted by atomic mass is 10.3. The molecule has 0 aliphatic rings. The Balaban J connectivity index is 2.04. The molecule has 16 heavy (non-hydrogen) atoms. The maximum atomic E-state index is 5.90. The summed E-state index contributed by atoms with van der Waals surface area (Å²) in [6.45, 7) is 0.839. The molecule has 5 heteroatoms. The van der Waals surface area contributed by atoms with Crippen LogP contribution in [0.1, 0.15) is 10.6 Å². The van der Waals surface area contributed by atoms with E-state index in [2.05, 4.69) is 4.98 Å². The number of thiophene rings is 1. The van der Waals surface area contributed by atoms with Gasteiger partial charge < -0.3 is 10.5 Å². The van der Waals surface area contributed by atoms with E-state index in [1.54, 1.807) is 23.5 Å². The molecule has 0 unspecified atom stereocenters. The second-order valence-electron chi connectivity index (χ2n) is 3.15. The molecule has 0 spiro atoms. The molecule has 2 N–H and O–H groups in total. The molecule has 3 nitrogen and oxygen atoms in total. The van der Waals surface area contributed by atoms with E-state index < -0.39 is 0 Å². The van der Waals surface area contributed by atoms with Gasteiger partial charge in [0.05, 0.1) is 10.7 Å². The van der Waals surface area contributed by atoms with Crippen molar-refractivity contribution >= 4 is 22.9 Å². The Labute approximate surface area is 103 Å². The van der Waals surface area contributed by atoms with Crippen LogP contribution in [0.2, 0.25) is 5.02 Å².